The first-order valence-corrected chi connectivity index (χ1v) is 12.1. The van der Waals surface area contributed by atoms with Gasteiger partial charge in [-0.25, -0.2) is 8.42 Å². The van der Waals surface area contributed by atoms with Gasteiger partial charge in [0.05, 0.1) is 4.90 Å². The van der Waals surface area contributed by atoms with Crippen LogP contribution in [-0.2, 0) is 20.4 Å². The van der Waals surface area contributed by atoms with Gasteiger partial charge in [-0.3, -0.25) is 0 Å². The van der Waals surface area contributed by atoms with E-state index in [1.165, 1.54) is 0 Å². The minimum Gasteiger partial charge on any atom is -0.349 e. The number of benzene rings is 3. The Kier molecular flexibility index (Phi) is 3.94. The third-order valence-corrected chi connectivity index (χ3v) is 9.02. The van der Waals surface area contributed by atoms with Crippen LogP contribution in [0.3, 0.4) is 0 Å². The summed E-state index contributed by atoms with van der Waals surface area (Å²) in [6.07, 6.45) is 0.925. The van der Waals surface area contributed by atoms with Gasteiger partial charge in [0.25, 0.3) is 0 Å². The number of sulfonamides is 1. The van der Waals surface area contributed by atoms with E-state index in [9.17, 15) is 8.42 Å². The van der Waals surface area contributed by atoms with Crippen molar-refractivity contribution >= 4 is 15.7 Å². The molecule has 31 heavy (non-hydrogen) atoms. The predicted octanol–water partition coefficient (Wildman–Crippen LogP) is 4.63. The molecular formula is C25H24N2O3S. The standard InChI is InChI=1S/C25H24N2O3S/c1-24-21-15-8-9-16-22(21)26-18-10-17-25(24,26)27(23(30-24)19-11-4-2-5-12-19)31(28,29)20-13-6-3-7-14-20/h2-9,11-16,23H,10,17-18H2,1H3/t23?,24-,25-/m1/s1. The molecular weight excluding hydrogens is 408 g/mol. The molecule has 0 radical (unpaired) electrons. The van der Waals surface area contributed by atoms with Crippen molar-refractivity contribution < 1.29 is 13.2 Å². The SMILES string of the molecule is C[C@]12OC(c3ccccc3)N(S(=O)(=O)c3ccccc3)[C@]13CCCN3c1ccccc12. The first-order chi connectivity index (χ1) is 15.0. The first kappa shape index (κ1) is 19.0. The first-order valence-electron chi connectivity index (χ1n) is 10.7. The summed E-state index contributed by atoms with van der Waals surface area (Å²) in [6.45, 7) is 2.87. The minimum absolute atomic E-state index is 0.293. The van der Waals surface area contributed by atoms with Crippen molar-refractivity contribution in [2.75, 3.05) is 11.4 Å². The molecule has 0 N–H and O–H groups in total. The number of ether oxygens (including phenoxy) is 1. The third-order valence-electron chi connectivity index (χ3n) is 7.14. The summed E-state index contributed by atoms with van der Waals surface area (Å²) in [5, 5.41) is 0. The topological polar surface area (TPSA) is 49.9 Å². The lowest BCUT2D eigenvalue weighted by molar-refractivity contribution is -0.0538. The lowest BCUT2D eigenvalue weighted by Gasteiger charge is -2.43. The normalized spacial score (nSPS) is 29.6. The van der Waals surface area contributed by atoms with Gasteiger partial charge in [0.1, 0.15) is 11.3 Å². The molecule has 3 aromatic carbocycles. The van der Waals surface area contributed by atoms with Crippen LogP contribution in [0.15, 0.2) is 89.8 Å². The molecule has 3 aromatic rings. The molecule has 3 aliphatic rings. The van der Waals surface area contributed by atoms with Gasteiger partial charge < -0.3 is 9.64 Å². The minimum atomic E-state index is -3.84. The molecule has 3 atom stereocenters. The maximum absolute atomic E-state index is 14.2. The summed E-state index contributed by atoms with van der Waals surface area (Å²) < 4.78 is 36.9. The highest BCUT2D eigenvalue weighted by Crippen LogP contribution is 2.66. The van der Waals surface area contributed by atoms with Gasteiger partial charge in [-0.15, -0.1) is 4.31 Å². The summed E-state index contributed by atoms with van der Waals surface area (Å²) in [5.74, 6) is 0. The quantitative estimate of drug-likeness (QED) is 0.605. The largest absolute Gasteiger partial charge is 0.349 e. The highest BCUT2D eigenvalue weighted by molar-refractivity contribution is 7.89. The Balaban J connectivity index is 1.64. The van der Waals surface area contributed by atoms with E-state index in [4.69, 9.17) is 4.74 Å². The summed E-state index contributed by atoms with van der Waals surface area (Å²) in [5.41, 5.74) is 1.40. The van der Waals surface area contributed by atoms with Crippen LogP contribution in [0.25, 0.3) is 0 Å². The van der Waals surface area contributed by atoms with Gasteiger partial charge in [-0.1, -0.05) is 66.7 Å². The number of anilines is 1. The van der Waals surface area contributed by atoms with Crippen molar-refractivity contribution in [1.82, 2.24) is 4.31 Å². The van der Waals surface area contributed by atoms with Gasteiger partial charge in [0.2, 0.25) is 10.0 Å². The second kappa shape index (κ2) is 6.42. The predicted molar refractivity (Wildman–Crippen MR) is 119 cm³/mol. The number of fused-ring (bicyclic) bond motifs is 3. The molecule has 3 aliphatic heterocycles. The average Bonchev–Trinajstić information content (AvgIpc) is 3.41. The smallest absolute Gasteiger partial charge is 0.247 e. The van der Waals surface area contributed by atoms with Gasteiger partial charge >= 0.3 is 0 Å². The molecule has 0 saturated carbocycles. The Bertz CT molecular complexity index is 1250. The lowest BCUT2D eigenvalue weighted by Crippen LogP contribution is -2.61. The van der Waals surface area contributed by atoms with E-state index >= 15 is 0 Å². The molecule has 158 valence electrons. The molecule has 2 saturated heterocycles. The van der Waals surface area contributed by atoms with Crippen molar-refractivity contribution in [3.05, 3.63) is 96.1 Å². The van der Waals surface area contributed by atoms with Gasteiger partial charge in [-0.2, -0.15) is 0 Å². The Morgan fingerprint density at radius 2 is 1.55 bits per heavy atom. The van der Waals surface area contributed by atoms with E-state index in [0.29, 0.717) is 11.3 Å². The fourth-order valence-electron chi connectivity index (χ4n) is 5.86. The summed E-state index contributed by atoms with van der Waals surface area (Å²) in [7, 11) is -3.84. The van der Waals surface area contributed by atoms with Crippen LogP contribution in [0.1, 0.15) is 37.1 Å². The van der Waals surface area contributed by atoms with Crippen LogP contribution in [0.2, 0.25) is 0 Å². The van der Waals surface area contributed by atoms with Gasteiger partial charge in [0, 0.05) is 17.8 Å². The van der Waals surface area contributed by atoms with Gasteiger partial charge in [-0.05, 0) is 43.5 Å². The van der Waals surface area contributed by atoms with Crippen LogP contribution in [0.4, 0.5) is 5.69 Å². The Hall–Kier alpha value is -2.67. The fraction of sp³-hybridized carbons (Fsp3) is 0.280. The maximum Gasteiger partial charge on any atom is 0.247 e. The van der Waals surface area contributed by atoms with Crippen LogP contribution in [-0.4, -0.2) is 24.9 Å². The molecule has 1 spiro atoms. The zero-order chi connectivity index (χ0) is 21.3. The molecule has 6 rings (SSSR count). The number of rotatable bonds is 3. The zero-order valence-electron chi connectivity index (χ0n) is 17.3. The van der Waals surface area contributed by atoms with Crippen molar-refractivity contribution in [3.8, 4) is 0 Å². The van der Waals surface area contributed by atoms with Crippen LogP contribution in [0.5, 0.6) is 0 Å². The number of para-hydroxylation sites is 1. The van der Waals surface area contributed by atoms with E-state index in [1.807, 2.05) is 48.5 Å². The second-order valence-electron chi connectivity index (χ2n) is 8.62. The monoisotopic (exact) mass is 432 g/mol. The second-order valence-corrected chi connectivity index (χ2v) is 10.4. The fourth-order valence-corrected chi connectivity index (χ4v) is 7.77. The Labute approximate surface area is 182 Å². The Morgan fingerprint density at radius 3 is 2.29 bits per heavy atom. The Morgan fingerprint density at radius 1 is 0.903 bits per heavy atom. The molecule has 5 nitrogen and oxygen atoms in total. The van der Waals surface area contributed by atoms with Crippen molar-refractivity contribution in [2.24, 2.45) is 0 Å². The number of hydrogen-bond acceptors (Lipinski definition) is 4. The summed E-state index contributed by atoms with van der Waals surface area (Å²) >= 11 is 0. The molecule has 0 bridgehead atoms. The number of nitrogens with zero attached hydrogens (tertiary/aromatic N) is 2. The maximum atomic E-state index is 14.2. The number of hydrogen-bond donors (Lipinski definition) is 0. The zero-order valence-corrected chi connectivity index (χ0v) is 18.1. The van der Waals surface area contributed by atoms with E-state index in [1.54, 1.807) is 28.6 Å². The van der Waals surface area contributed by atoms with Gasteiger partial charge in [0.15, 0.2) is 6.23 Å². The summed E-state index contributed by atoms with van der Waals surface area (Å²) in [4.78, 5) is 2.56. The van der Waals surface area contributed by atoms with Crippen LogP contribution >= 0.6 is 0 Å². The lowest BCUT2D eigenvalue weighted by atomic mass is 9.85. The average molecular weight is 433 g/mol. The molecule has 1 unspecified atom stereocenters. The summed E-state index contributed by atoms with van der Waals surface area (Å²) in [6, 6.07) is 26.6. The van der Waals surface area contributed by atoms with Crippen molar-refractivity contribution in [2.45, 2.75) is 42.2 Å². The molecule has 2 fully saturated rings. The molecule has 3 heterocycles. The molecule has 0 aromatic heterocycles. The van der Waals surface area contributed by atoms with Crippen LogP contribution in [0, 0.1) is 0 Å². The highest BCUT2D eigenvalue weighted by atomic mass is 32.2. The van der Waals surface area contributed by atoms with E-state index < -0.39 is 27.5 Å². The van der Waals surface area contributed by atoms with Crippen LogP contribution < -0.4 is 4.90 Å². The molecule has 6 heteroatoms. The van der Waals surface area contributed by atoms with Crippen molar-refractivity contribution in [1.29, 1.82) is 0 Å². The third kappa shape index (κ3) is 2.30. The molecule has 0 aliphatic carbocycles. The molecule has 0 amide bonds. The van der Waals surface area contributed by atoms with E-state index in [2.05, 4.69) is 24.0 Å². The van der Waals surface area contributed by atoms with Crippen molar-refractivity contribution in [3.63, 3.8) is 0 Å². The van der Waals surface area contributed by atoms with E-state index in [-0.39, 0.29) is 0 Å². The highest BCUT2D eigenvalue weighted by Gasteiger charge is 2.74. The van der Waals surface area contributed by atoms with E-state index in [0.717, 1.165) is 29.8 Å².